The van der Waals surface area contributed by atoms with Gasteiger partial charge in [-0.05, 0) is 19.9 Å². The Balaban J connectivity index is 2.89. The van der Waals surface area contributed by atoms with Gasteiger partial charge in [0.05, 0.1) is 6.21 Å². The molecule has 0 amide bonds. The minimum atomic E-state index is -0.00347. The van der Waals surface area contributed by atoms with Crippen molar-refractivity contribution < 1.29 is 0 Å². The lowest BCUT2D eigenvalue weighted by molar-refractivity contribution is 0.655. The summed E-state index contributed by atoms with van der Waals surface area (Å²) >= 11 is 0. The SMILES string of the molecule is CC1(C)C#CC=NC=C1. The molecule has 0 radical (unpaired) electrons. The summed E-state index contributed by atoms with van der Waals surface area (Å²) in [4.78, 5) is 3.89. The van der Waals surface area contributed by atoms with Crippen LogP contribution in [-0.2, 0) is 0 Å². The standard InChI is InChI=1S/C8H9N/c1-8(2)4-3-6-9-7-5-8/h5-7H,1-2H3. The molecule has 0 spiro atoms. The molecule has 1 heteroatoms. The number of hydrogen-bond donors (Lipinski definition) is 0. The van der Waals surface area contributed by atoms with Crippen molar-refractivity contribution in [2.75, 3.05) is 0 Å². The second-order valence-corrected chi connectivity index (χ2v) is 2.58. The maximum Gasteiger partial charge on any atom is 0.0766 e. The van der Waals surface area contributed by atoms with E-state index in [4.69, 9.17) is 0 Å². The van der Waals surface area contributed by atoms with Crippen molar-refractivity contribution in [1.82, 2.24) is 0 Å². The molecule has 1 aliphatic heterocycles. The third-order valence-corrected chi connectivity index (χ3v) is 1.11. The largest absolute Gasteiger partial charge is 0.256 e. The lowest BCUT2D eigenvalue weighted by atomic mass is 9.95. The van der Waals surface area contributed by atoms with Crippen LogP contribution >= 0.6 is 0 Å². The lowest BCUT2D eigenvalue weighted by Crippen LogP contribution is -2.01. The summed E-state index contributed by atoms with van der Waals surface area (Å²) in [5.74, 6) is 5.87. The van der Waals surface area contributed by atoms with E-state index in [2.05, 4.69) is 30.7 Å². The van der Waals surface area contributed by atoms with Crippen LogP contribution in [0.1, 0.15) is 13.8 Å². The average Bonchev–Trinajstić information content (AvgIpc) is 1.92. The van der Waals surface area contributed by atoms with Gasteiger partial charge < -0.3 is 0 Å². The van der Waals surface area contributed by atoms with Crippen molar-refractivity contribution in [3.8, 4) is 11.8 Å². The molecule has 0 bridgehead atoms. The summed E-state index contributed by atoms with van der Waals surface area (Å²) in [6.07, 6.45) is 5.38. The first-order valence-corrected chi connectivity index (χ1v) is 2.93. The third kappa shape index (κ3) is 1.73. The summed E-state index contributed by atoms with van der Waals surface area (Å²) in [6, 6.07) is 0. The molecular formula is C8H9N. The van der Waals surface area contributed by atoms with Crippen molar-refractivity contribution in [1.29, 1.82) is 0 Å². The molecule has 0 N–H and O–H groups in total. The van der Waals surface area contributed by atoms with Gasteiger partial charge in [-0.2, -0.15) is 0 Å². The van der Waals surface area contributed by atoms with Gasteiger partial charge in [0.2, 0.25) is 0 Å². The fraction of sp³-hybridized carbons (Fsp3) is 0.375. The topological polar surface area (TPSA) is 12.4 Å². The summed E-state index contributed by atoms with van der Waals surface area (Å²) in [5.41, 5.74) is -0.00347. The van der Waals surface area contributed by atoms with Crippen LogP contribution in [0.15, 0.2) is 17.3 Å². The van der Waals surface area contributed by atoms with Crippen molar-refractivity contribution in [3.63, 3.8) is 0 Å². The van der Waals surface area contributed by atoms with Crippen molar-refractivity contribution >= 4 is 6.21 Å². The summed E-state index contributed by atoms with van der Waals surface area (Å²) in [6.45, 7) is 4.12. The molecule has 0 saturated carbocycles. The van der Waals surface area contributed by atoms with Crippen LogP contribution in [0.4, 0.5) is 0 Å². The van der Waals surface area contributed by atoms with Crippen LogP contribution in [0.3, 0.4) is 0 Å². The zero-order chi connectivity index (χ0) is 6.74. The average molecular weight is 119 g/mol. The molecule has 0 atom stereocenters. The third-order valence-electron chi connectivity index (χ3n) is 1.11. The van der Waals surface area contributed by atoms with Gasteiger partial charge >= 0.3 is 0 Å². The van der Waals surface area contributed by atoms with E-state index in [1.54, 1.807) is 12.4 Å². The molecule has 0 aromatic rings. The predicted octanol–water partition coefficient (Wildman–Crippen LogP) is 1.61. The van der Waals surface area contributed by atoms with Gasteiger partial charge in [-0.3, -0.25) is 4.99 Å². The van der Waals surface area contributed by atoms with Gasteiger partial charge in [0.1, 0.15) is 0 Å². The van der Waals surface area contributed by atoms with Gasteiger partial charge in [-0.25, -0.2) is 0 Å². The molecule has 0 aliphatic carbocycles. The Hall–Kier alpha value is -1.03. The molecule has 0 fully saturated rings. The van der Waals surface area contributed by atoms with Crippen LogP contribution in [0.2, 0.25) is 0 Å². The Kier molecular flexibility index (Phi) is 1.40. The zero-order valence-electron chi connectivity index (χ0n) is 5.68. The highest BCUT2D eigenvalue weighted by Crippen LogP contribution is 2.15. The van der Waals surface area contributed by atoms with Crippen molar-refractivity contribution in [3.05, 3.63) is 12.3 Å². The Morgan fingerprint density at radius 1 is 1.44 bits per heavy atom. The van der Waals surface area contributed by atoms with Gasteiger partial charge in [0.25, 0.3) is 0 Å². The Labute approximate surface area is 55.5 Å². The number of nitrogens with zero attached hydrogens (tertiary/aromatic N) is 1. The fourth-order valence-electron chi connectivity index (χ4n) is 0.570. The molecule has 0 aromatic heterocycles. The van der Waals surface area contributed by atoms with Crippen LogP contribution in [-0.4, -0.2) is 6.21 Å². The molecule has 9 heavy (non-hydrogen) atoms. The van der Waals surface area contributed by atoms with Crippen LogP contribution in [0.5, 0.6) is 0 Å². The second kappa shape index (κ2) is 2.06. The van der Waals surface area contributed by atoms with Crippen molar-refractivity contribution in [2.45, 2.75) is 13.8 Å². The Bertz CT molecular complexity index is 210. The van der Waals surface area contributed by atoms with Crippen LogP contribution in [0.25, 0.3) is 0 Å². The highest BCUT2D eigenvalue weighted by Gasteiger charge is 2.08. The van der Waals surface area contributed by atoms with Crippen molar-refractivity contribution in [2.24, 2.45) is 10.4 Å². The first-order valence-electron chi connectivity index (χ1n) is 2.93. The van der Waals surface area contributed by atoms with E-state index in [9.17, 15) is 0 Å². The molecule has 0 unspecified atom stereocenters. The van der Waals surface area contributed by atoms with E-state index in [-0.39, 0.29) is 5.41 Å². The molecule has 0 aromatic carbocycles. The maximum absolute atomic E-state index is 3.89. The summed E-state index contributed by atoms with van der Waals surface area (Å²) in [7, 11) is 0. The molecule has 1 rings (SSSR count). The molecular weight excluding hydrogens is 110 g/mol. The van der Waals surface area contributed by atoms with E-state index in [1.807, 2.05) is 6.08 Å². The minimum Gasteiger partial charge on any atom is -0.256 e. The first kappa shape index (κ1) is 6.10. The number of rotatable bonds is 0. The molecule has 1 nitrogen and oxygen atoms in total. The smallest absolute Gasteiger partial charge is 0.0766 e. The van der Waals surface area contributed by atoms with Gasteiger partial charge in [-0.1, -0.05) is 11.8 Å². The van der Waals surface area contributed by atoms with Gasteiger partial charge in [0, 0.05) is 11.6 Å². The van der Waals surface area contributed by atoms with Crippen LogP contribution < -0.4 is 0 Å². The minimum absolute atomic E-state index is 0.00347. The lowest BCUT2D eigenvalue weighted by Gasteiger charge is -2.07. The van der Waals surface area contributed by atoms with Gasteiger partial charge in [-0.15, -0.1) is 0 Å². The van der Waals surface area contributed by atoms with E-state index in [0.717, 1.165) is 0 Å². The van der Waals surface area contributed by atoms with Crippen LogP contribution in [0, 0.1) is 17.3 Å². The predicted molar refractivity (Wildman–Crippen MR) is 39.2 cm³/mol. The monoisotopic (exact) mass is 119 g/mol. The quantitative estimate of drug-likeness (QED) is 0.429. The number of allylic oxidation sites excluding steroid dienone is 1. The maximum atomic E-state index is 3.89. The van der Waals surface area contributed by atoms with Gasteiger partial charge in [0.15, 0.2) is 0 Å². The Morgan fingerprint density at radius 3 is 3.00 bits per heavy atom. The fourth-order valence-corrected chi connectivity index (χ4v) is 0.570. The second-order valence-electron chi connectivity index (χ2n) is 2.58. The van der Waals surface area contributed by atoms with E-state index >= 15 is 0 Å². The number of aliphatic imine (C=N–C) groups is 1. The molecule has 0 saturated heterocycles. The summed E-state index contributed by atoms with van der Waals surface area (Å²) < 4.78 is 0. The zero-order valence-corrected chi connectivity index (χ0v) is 5.68. The molecule has 46 valence electrons. The highest BCUT2D eigenvalue weighted by atomic mass is 14.7. The highest BCUT2D eigenvalue weighted by molar-refractivity contribution is 5.79. The number of hydrogen-bond acceptors (Lipinski definition) is 1. The first-order chi connectivity index (χ1) is 4.21. The summed E-state index contributed by atoms with van der Waals surface area (Å²) in [5, 5.41) is 0. The van der Waals surface area contributed by atoms with E-state index < -0.39 is 0 Å². The molecule has 1 heterocycles. The van der Waals surface area contributed by atoms with E-state index in [1.165, 1.54) is 0 Å². The molecule has 1 aliphatic rings. The Morgan fingerprint density at radius 2 is 2.22 bits per heavy atom. The normalized spacial score (nSPS) is 20.2. The van der Waals surface area contributed by atoms with E-state index in [0.29, 0.717) is 0 Å².